The van der Waals surface area contributed by atoms with Gasteiger partial charge in [-0.05, 0) is 6.92 Å². The van der Waals surface area contributed by atoms with Crippen LogP contribution >= 0.6 is 0 Å². The Kier molecular flexibility index (Phi) is 5.74. The van der Waals surface area contributed by atoms with Crippen LogP contribution in [0.2, 0.25) is 0 Å². The quantitative estimate of drug-likeness (QED) is 0.764. The minimum absolute atomic E-state index is 0.111. The number of hydrogen-bond acceptors (Lipinski definition) is 5. The third-order valence-corrected chi connectivity index (χ3v) is 2.59. The van der Waals surface area contributed by atoms with Gasteiger partial charge in [-0.3, -0.25) is 0 Å². The van der Waals surface area contributed by atoms with Crippen molar-refractivity contribution in [3.05, 3.63) is 17.7 Å². The molecule has 0 aliphatic rings. The maximum atomic E-state index is 5.70. The van der Waals surface area contributed by atoms with Crippen LogP contribution in [-0.2, 0) is 6.54 Å². The first-order valence-corrected chi connectivity index (χ1v) is 5.87. The number of hydrogen-bond donors (Lipinski definition) is 2. The molecule has 102 valence electrons. The van der Waals surface area contributed by atoms with Crippen LogP contribution in [0, 0.1) is 0 Å². The maximum absolute atomic E-state index is 5.70. The fraction of sp³-hybridized carbons (Fsp3) is 0.538. The van der Waals surface area contributed by atoms with Crippen LogP contribution in [-0.4, -0.2) is 33.9 Å². The number of rotatable bonds is 7. The molecule has 0 saturated carbocycles. The molecule has 5 heteroatoms. The Morgan fingerprint density at radius 1 is 1.11 bits per heavy atom. The van der Waals surface area contributed by atoms with E-state index in [4.69, 9.17) is 19.9 Å². The van der Waals surface area contributed by atoms with E-state index in [-0.39, 0.29) is 6.04 Å². The highest BCUT2D eigenvalue weighted by Crippen LogP contribution is 2.33. The third-order valence-electron chi connectivity index (χ3n) is 2.59. The summed E-state index contributed by atoms with van der Waals surface area (Å²) in [7, 11) is 4.87. The molecule has 1 rings (SSSR count). The summed E-state index contributed by atoms with van der Waals surface area (Å²) in [4.78, 5) is 0. The predicted octanol–water partition coefficient (Wildman–Crippen LogP) is 1.15. The normalized spacial score (nSPS) is 12.1. The van der Waals surface area contributed by atoms with E-state index in [0.29, 0.717) is 12.3 Å². The van der Waals surface area contributed by atoms with Crippen LogP contribution in [0.3, 0.4) is 0 Å². The monoisotopic (exact) mass is 254 g/mol. The minimum Gasteiger partial charge on any atom is -0.496 e. The van der Waals surface area contributed by atoms with E-state index in [0.717, 1.165) is 23.6 Å². The van der Waals surface area contributed by atoms with E-state index in [1.165, 1.54) is 0 Å². The Balaban J connectivity index is 2.92. The minimum atomic E-state index is 0.111. The molecule has 5 nitrogen and oxygen atoms in total. The molecule has 0 bridgehead atoms. The van der Waals surface area contributed by atoms with Gasteiger partial charge in [0.15, 0.2) is 0 Å². The Bertz CT molecular complexity index is 355. The second kappa shape index (κ2) is 7.08. The Hall–Kier alpha value is -1.46. The van der Waals surface area contributed by atoms with Crippen molar-refractivity contribution in [2.45, 2.75) is 19.5 Å². The third kappa shape index (κ3) is 3.78. The zero-order chi connectivity index (χ0) is 13.5. The van der Waals surface area contributed by atoms with Crippen molar-refractivity contribution in [3.63, 3.8) is 0 Å². The lowest BCUT2D eigenvalue weighted by atomic mass is 10.1. The van der Waals surface area contributed by atoms with Gasteiger partial charge in [0.2, 0.25) is 0 Å². The molecule has 0 heterocycles. The lowest BCUT2D eigenvalue weighted by molar-refractivity contribution is 0.366. The summed E-state index contributed by atoms with van der Waals surface area (Å²) in [6, 6.07) is 3.79. The van der Waals surface area contributed by atoms with Crippen molar-refractivity contribution >= 4 is 0 Å². The van der Waals surface area contributed by atoms with E-state index in [1.807, 2.05) is 19.1 Å². The molecule has 1 atom stereocenters. The van der Waals surface area contributed by atoms with Gasteiger partial charge in [-0.25, -0.2) is 0 Å². The van der Waals surface area contributed by atoms with Gasteiger partial charge in [-0.1, -0.05) is 0 Å². The van der Waals surface area contributed by atoms with Crippen LogP contribution in [0.15, 0.2) is 12.1 Å². The lowest BCUT2D eigenvalue weighted by Crippen LogP contribution is -2.30. The highest BCUT2D eigenvalue weighted by atomic mass is 16.5. The summed E-state index contributed by atoms with van der Waals surface area (Å²) >= 11 is 0. The number of ether oxygens (including phenoxy) is 3. The number of nitrogens with two attached hydrogens (primary N) is 1. The zero-order valence-corrected chi connectivity index (χ0v) is 11.4. The molecule has 0 fully saturated rings. The zero-order valence-electron chi connectivity index (χ0n) is 11.4. The highest BCUT2D eigenvalue weighted by Gasteiger charge is 2.12. The van der Waals surface area contributed by atoms with Gasteiger partial charge >= 0.3 is 0 Å². The summed E-state index contributed by atoms with van der Waals surface area (Å²) in [5.41, 5.74) is 6.66. The first kappa shape index (κ1) is 14.6. The van der Waals surface area contributed by atoms with E-state index in [9.17, 15) is 0 Å². The molecular weight excluding hydrogens is 232 g/mol. The molecule has 0 spiro atoms. The first-order chi connectivity index (χ1) is 8.62. The van der Waals surface area contributed by atoms with E-state index in [2.05, 4.69) is 5.32 Å². The fourth-order valence-corrected chi connectivity index (χ4v) is 1.68. The molecule has 0 amide bonds. The maximum Gasteiger partial charge on any atom is 0.130 e. The molecule has 0 radical (unpaired) electrons. The average molecular weight is 254 g/mol. The fourth-order valence-electron chi connectivity index (χ4n) is 1.68. The summed E-state index contributed by atoms with van der Waals surface area (Å²) in [5, 5.41) is 3.26. The Morgan fingerprint density at radius 3 is 2.06 bits per heavy atom. The molecular formula is C13H22N2O3. The van der Waals surface area contributed by atoms with Crippen molar-refractivity contribution < 1.29 is 14.2 Å². The van der Waals surface area contributed by atoms with E-state index < -0.39 is 0 Å². The lowest BCUT2D eigenvalue weighted by Gasteiger charge is -2.16. The van der Waals surface area contributed by atoms with Crippen molar-refractivity contribution in [1.29, 1.82) is 0 Å². The van der Waals surface area contributed by atoms with E-state index >= 15 is 0 Å². The Labute approximate surface area is 108 Å². The standard InChI is InChI=1S/C13H22N2O3/c1-9(14)7-15-8-11-12(17-3)5-10(16-2)6-13(11)18-4/h5-6,9,15H,7-8,14H2,1-4H3. The smallest absolute Gasteiger partial charge is 0.130 e. The molecule has 0 saturated heterocycles. The van der Waals surface area contributed by atoms with Crippen LogP contribution in [0.25, 0.3) is 0 Å². The van der Waals surface area contributed by atoms with Gasteiger partial charge in [-0.15, -0.1) is 0 Å². The van der Waals surface area contributed by atoms with Crippen LogP contribution < -0.4 is 25.3 Å². The van der Waals surface area contributed by atoms with Crippen LogP contribution in [0.5, 0.6) is 17.2 Å². The number of benzene rings is 1. The topological polar surface area (TPSA) is 65.7 Å². The summed E-state index contributed by atoms with van der Waals surface area (Å²) in [5.74, 6) is 2.19. The summed E-state index contributed by atoms with van der Waals surface area (Å²) in [6.07, 6.45) is 0. The second-order valence-corrected chi connectivity index (χ2v) is 4.12. The molecule has 1 unspecified atom stereocenters. The molecule has 0 aliphatic carbocycles. The number of nitrogens with one attached hydrogen (secondary N) is 1. The van der Waals surface area contributed by atoms with Crippen molar-refractivity contribution in [2.24, 2.45) is 5.73 Å². The SMILES string of the molecule is COc1cc(OC)c(CNCC(C)N)c(OC)c1. The molecule has 0 aliphatic heterocycles. The molecule has 0 aromatic heterocycles. The van der Waals surface area contributed by atoms with Crippen LogP contribution in [0.4, 0.5) is 0 Å². The highest BCUT2D eigenvalue weighted by molar-refractivity contribution is 5.50. The van der Waals surface area contributed by atoms with Gasteiger partial charge in [0.25, 0.3) is 0 Å². The summed E-state index contributed by atoms with van der Waals surface area (Å²) < 4.78 is 15.9. The van der Waals surface area contributed by atoms with Gasteiger partial charge < -0.3 is 25.3 Å². The van der Waals surface area contributed by atoms with Crippen LogP contribution in [0.1, 0.15) is 12.5 Å². The van der Waals surface area contributed by atoms with Crippen molar-refractivity contribution in [3.8, 4) is 17.2 Å². The van der Waals surface area contributed by atoms with Gasteiger partial charge in [0.05, 0.1) is 26.9 Å². The van der Waals surface area contributed by atoms with Crippen molar-refractivity contribution in [2.75, 3.05) is 27.9 Å². The first-order valence-electron chi connectivity index (χ1n) is 5.87. The van der Waals surface area contributed by atoms with Gasteiger partial charge in [0.1, 0.15) is 17.2 Å². The average Bonchev–Trinajstić information content (AvgIpc) is 2.37. The Morgan fingerprint density at radius 2 is 1.67 bits per heavy atom. The molecule has 3 N–H and O–H groups in total. The molecule has 1 aromatic carbocycles. The molecule has 18 heavy (non-hydrogen) atoms. The number of methoxy groups -OCH3 is 3. The van der Waals surface area contributed by atoms with E-state index in [1.54, 1.807) is 21.3 Å². The largest absolute Gasteiger partial charge is 0.496 e. The van der Waals surface area contributed by atoms with Crippen molar-refractivity contribution in [1.82, 2.24) is 5.32 Å². The predicted molar refractivity (Wildman–Crippen MR) is 71.5 cm³/mol. The second-order valence-electron chi connectivity index (χ2n) is 4.12. The summed E-state index contributed by atoms with van der Waals surface area (Å²) in [6.45, 7) is 3.33. The van der Waals surface area contributed by atoms with Gasteiger partial charge in [0, 0.05) is 31.3 Å². The molecule has 1 aromatic rings. The van der Waals surface area contributed by atoms with Gasteiger partial charge in [-0.2, -0.15) is 0 Å².